The summed E-state index contributed by atoms with van der Waals surface area (Å²) in [5.41, 5.74) is 1.67. The first-order chi connectivity index (χ1) is 13.9. The number of hydrogen-bond donors (Lipinski definition) is 0. The van der Waals surface area contributed by atoms with Crippen molar-refractivity contribution in [2.75, 3.05) is 31.1 Å². The molecule has 0 aromatic carbocycles. The summed E-state index contributed by atoms with van der Waals surface area (Å²) >= 11 is 1.63. The Morgan fingerprint density at radius 3 is 2.59 bits per heavy atom. The van der Waals surface area contributed by atoms with E-state index in [1.54, 1.807) is 17.7 Å². The van der Waals surface area contributed by atoms with Crippen LogP contribution in [0.15, 0.2) is 23.8 Å². The maximum absolute atomic E-state index is 13.2. The van der Waals surface area contributed by atoms with E-state index in [0.717, 1.165) is 29.1 Å². The van der Waals surface area contributed by atoms with Gasteiger partial charge in [-0.05, 0) is 51.1 Å². The topological polar surface area (TPSA) is 67.2 Å². The number of aromatic nitrogens is 4. The van der Waals surface area contributed by atoms with Gasteiger partial charge in [-0.3, -0.25) is 9.48 Å². The van der Waals surface area contributed by atoms with Crippen molar-refractivity contribution in [3.8, 4) is 0 Å². The lowest BCUT2D eigenvalue weighted by Crippen LogP contribution is -2.49. The van der Waals surface area contributed by atoms with Crippen molar-refractivity contribution < 1.29 is 4.79 Å². The van der Waals surface area contributed by atoms with Gasteiger partial charge in [0.25, 0.3) is 5.91 Å². The zero-order valence-corrected chi connectivity index (χ0v) is 17.9. The molecule has 0 radical (unpaired) electrons. The highest BCUT2D eigenvalue weighted by molar-refractivity contribution is 7.16. The second-order valence-electron chi connectivity index (χ2n) is 8.93. The lowest BCUT2D eigenvalue weighted by atomic mass is 10.1. The van der Waals surface area contributed by atoms with Crippen molar-refractivity contribution in [2.24, 2.45) is 0 Å². The molecule has 1 amide bonds. The molecule has 152 valence electrons. The average Bonchev–Trinajstić information content (AvgIpc) is 3.26. The summed E-state index contributed by atoms with van der Waals surface area (Å²) in [5, 5.41) is 7.86. The molecule has 1 aliphatic carbocycles. The van der Waals surface area contributed by atoms with Crippen molar-refractivity contribution in [3.05, 3.63) is 35.2 Å². The monoisotopic (exact) mass is 410 g/mol. The SMILES string of the molecule is CC(C)(C)n1nc(C(=O)N2CCN(c3ncnc4sccc34)CC2)cc1C1CC1. The zero-order valence-electron chi connectivity index (χ0n) is 17.1. The minimum absolute atomic E-state index is 0.0397. The fraction of sp³-hybridized carbons (Fsp3) is 0.524. The molecule has 3 aromatic heterocycles. The molecule has 0 N–H and O–H groups in total. The summed E-state index contributed by atoms with van der Waals surface area (Å²) in [6, 6.07) is 4.10. The van der Waals surface area contributed by atoms with Crippen LogP contribution in [0.4, 0.5) is 5.82 Å². The zero-order chi connectivity index (χ0) is 20.2. The maximum atomic E-state index is 13.2. The Labute approximate surface area is 174 Å². The molecule has 0 bridgehead atoms. The van der Waals surface area contributed by atoms with Gasteiger partial charge in [0, 0.05) is 37.8 Å². The molecular formula is C21H26N6OS. The van der Waals surface area contributed by atoms with Gasteiger partial charge >= 0.3 is 0 Å². The van der Waals surface area contributed by atoms with E-state index in [1.165, 1.54) is 18.5 Å². The van der Waals surface area contributed by atoms with Crippen molar-refractivity contribution in [3.63, 3.8) is 0 Å². The van der Waals surface area contributed by atoms with E-state index in [4.69, 9.17) is 5.10 Å². The summed E-state index contributed by atoms with van der Waals surface area (Å²) in [7, 11) is 0. The molecule has 3 aromatic rings. The number of fused-ring (bicyclic) bond motifs is 1. The lowest BCUT2D eigenvalue weighted by Gasteiger charge is -2.35. The normalized spacial score (nSPS) is 17.9. The van der Waals surface area contributed by atoms with E-state index < -0.39 is 0 Å². The maximum Gasteiger partial charge on any atom is 0.274 e. The highest BCUT2D eigenvalue weighted by Gasteiger charge is 2.34. The molecule has 1 saturated heterocycles. The highest BCUT2D eigenvalue weighted by Crippen LogP contribution is 2.41. The molecule has 7 nitrogen and oxygen atoms in total. The van der Waals surface area contributed by atoms with E-state index in [0.29, 0.717) is 24.7 Å². The Bertz CT molecular complexity index is 1050. The lowest BCUT2D eigenvalue weighted by molar-refractivity contribution is 0.0739. The van der Waals surface area contributed by atoms with Crippen molar-refractivity contribution >= 4 is 33.3 Å². The second-order valence-corrected chi connectivity index (χ2v) is 9.82. The van der Waals surface area contributed by atoms with E-state index >= 15 is 0 Å². The summed E-state index contributed by atoms with van der Waals surface area (Å²) in [5.74, 6) is 1.57. The molecule has 1 aliphatic heterocycles. The Morgan fingerprint density at radius 1 is 1.14 bits per heavy atom. The van der Waals surface area contributed by atoms with Gasteiger partial charge in [-0.1, -0.05) is 0 Å². The molecule has 2 aliphatic rings. The van der Waals surface area contributed by atoms with Crippen molar-refractivity contribution in [1.29, 1.82) is 0 Å². The van der Waals surface area contributed by atoms with Gasteiger partial charge in [-0.15, -0.1) is 11.3 Å². The molecule has 5 rings (SSSR count). The second kappa shape index (κ2) is 6.79. The predicted molar refractivity (Wildman–Crippen MR) is 115 cm³/mol. The first-order valence-corrected chi connectivity index (χ1v) is 11.1. The Morgan fingerprint density at radius 2 is 1.90 bits per heavy atom. The molecular weight excluding hydrogens is 384 g/mol. The van der Waals surface area contributed by atoms with E-state index in [2.05, 4.69) is 46.4 Å². The number of rotatable bonds is 3. The molecule has 4 heterocycles. The Kier molecular flexibility index (Phi) is 4.34. The minimum Gasteiger partial charge on any atom is -0.352 e. The van der Waals surface area contributed by atoms with Gasteiger partial charge < -0.3 is 9.80 Å². The predicted octanol–water partition coefficient (Wildman–Crippen LogP) is 3.48. The Balaban J connectivity index is 1.32. The van der Waals surface area contributed by atoms with Gasteiger partial charge in [0.1, 0.15) is 17.0 Å². The third-order valence-electron chi connectivity index (χ3n) is 5.69. The fourth-order valence-electron chi connectivity index (χ4n) is 4.02. The van der Waals surface area contributed by atoms with E-state index in [9.17, 15) is 4.79 Å². The van der Waals surface area contributed by atoms with E-state index in [1.807, 2.05) is 16.3 Å². The third kappa shape index (κ3) is 3.39. The third-order valence-corrected chi connectivity index (χ3v) is 6.51. The number of carbonyl (C=O) groups is 1. The van der Waals surface area contributed by atoms with Crippen LogP contribution in [0, 0.1) is 0 Å². The minimum atomic E-state index is -0.117. The van der Waals surface area contributed by atoms with Crippen LogP contribution >= 0.6 is 11.3 Å². The van der Waals surface area contributed by atoms with Crippen LogP contribution in [0.2, 0.25) is 0 Å². The van der Waals surface area contributed by atoms with Gasteiger partial charge in [0.2, 0.25) is 0 Å². The first-order valence-electron chi connectivity index (χ1n) is 10.2. The van der Waals surface area contributed by atoms with Crippen LogP contribution in [0.1, 0.15) is 55.7 Å². The summed E-state index contributed by atoms with van der Waals surface area (Å²) in [6.45, 7) is 9.32. The molecule has 8 heteroatoms. The molecule has 0 spiro atoms. The average molecular weight is 411 g/mol. The van der Waals surface area contributed by atoms with Crippen LogP contribution in [-0.2, 0) is 5.54 Å². The number of thiophene rings is 1. The number of hydrogen-bond acceptors (Lipinski definition) is 6. The molecule has 29 heavy (non-hydrogen) atoms. The smallest absolute Gasteiger partial charge is 0.274 e. The standard InChI is InChI=1S/C21H26N6OS/c1-21(2,3)27-17(14-4-5-14)12-16(24-27)20(28)26-9-7-25(8-10-26)18-15-6-11-29-19(15)23-13-22-18/h6,11-14H,4-5,7-10H2,1-3H3. The summed E-state index contributed by atoms with van der Waals surface area (Å²) < 4.78 is 2.06. The van der Waals surface area contributed by atoms with Crippen LogP contribution in [-0.4, -0.2) is 56.7 Å². The van der Waals surface area contributed by atoms with Crippen LogP contribution in [0.3, 0.4) is 0 Å². The molecule has 2 fully saturated rings. The Hall–Kier alpha value is -2.48. The fourth-order valence-corrected chi connectivity index (χ4v) is 4.75. The quantitative estimate of drug-likeness (QED) is 0.661. The van der Waals surface area contributed by atoms with Crippen molar-refractivity contribution in [1.82, 2.24) is 24.6 Å². The number of carbonyl (C=O) groups excluding carboxylic acids is 1. The van der Waals surface area contributed by atoms with Gasteiger partial charge in [0.05, 0.1) is 10.9 Å². The van der Waals surface area contributed by atoms with Crippen LogP contribution in [0.25, 0.3) is 10.2 Å². The van der Waals surface area contributed by atoms with Gasteiger partial charge in [0.15, 0.2) is 5.69 Å². The van der Waals surface area contributed by atoms with Crippen molar-refractivity contribution in [2.45, 2.75) is 45.1 Å². The largest absolute Gasteiger partial charge is 0.352 e. The molecule has 0 unspecified atom stereocenters. The molecule has 1 saturated carbocycles. The van der Waals surface area contributed by atoms with Gasteiger partial charge in [-0.2, -0.15) is 5.10 Å². The molecule has 0 atom stereocenters. The number of piperazine rings is 1. The summed E-state index contributed by atoms with van der Waals surface area (Å²) in [4.78, 5) is 27.2. The van der Waals surface area contributed by atoms with E-state index in [-0.39, 0.29) is 11.4 Å². The van der Waals surface area contributed by atoms with Crippen LogP contribution in [0.5, 0.6) is 0 Å². The van der Waals surface area contributed by atoms with Crippen LogP contribution < -0.4 is 4.90 Å². The number of nitrogens with zero attached hydrogens (tertiary/aromatic N) is 6. The number of anilines is 1. The highest BCUT2D eigenvalue weighted by atomic mass is 32.1. The summed E-state index contributed by atoms with van der Waals surface area (Å²) in [6.07, 6.45) is 4.03. The van der Waals surface area contributed by atoms with Gasteiger partial charge in [-0.25, -0.2) is 9.97 Å². The number of amides is 1. The first kappa shape index (κ1) is 18.5.